The first-order chi connectivity index (χ1) is 15.6. The van der Waals surface area contributed by atoms with Crippen LogP contribution < -0.4 is 10.2 Å². The fourth-order valence-electron chi connectivity index (χ4n) is 4.20. The molecular formula is C24H21N5O3. The van der Waals surface area contributed by atoms with E-state index in [9.17, 15) is 14.4 Å². The lowest BCUT2D eigenvalue weighted by atomic mass is 9.83. The molecular weight excluding hydrogens is 406 g/mol. The van der Waals surface area contributed by atoms with E-state index in [4.69, 9.17) is 0 Å². The Morgan fingerprint density at radius 2 is 1.47 bits per heavy atom. The minimum absolute atomic E-state index is 0.200. The molecule has 1 fully saturated rings. The van der Waals surface area contributed by atoms with Crippen molar-refractivity contribution in [1.82, 2.24) is 14.9 Å². The summed E-state index contributed by atoms with van der Waals surface area (Å²) in [7, 11) is 0. The third-order valence-corrected chi connectivity index (χ3v) is 5.80. The van der Waals surface area contributed by atoms with Gasteiger partial charge < -0.3 is 10.2 Å². The summed E-state index contributed by atoms with van der Waals surface area (Å²) >= 11 is 0. The highest BCUT2D eigenvalue weighted by Crippen LogP contribution is 2.31. The third-order valence-electron chi connectivity index (χ3n) is 5.80. The molecule has 1 N–H and O–H groups in total. The van der Waals surface area contributed by atoms with E-state index in [1.54, 1.807) is 60.9 Å². The van der Waals surface area contributed by atoms with Crippen LogP contribution in [0.4, 0.5) is 11.6 Å². The zero-order chi connectivity index (χ0) is 22.1. The molecule has 0 radical (unpaired) electrons. The molecule has 1 aromatic heterocycles. The predicted octanol–water partition coefficient (Wildman–Crippen LogP) is 2.01. The second kappa shape index (κ2) is 8.32. The fourth-order valence-corrected chi connectivity index (χ4v) is 4.20. The van der Waals surface area contributed by atoms with Gasteiger partial charge in [-0.25, -0.2) is 9.97 Å². The number of nitrogens with one attached hydrogen (secondary N) is 1. The number of hydrogen-bond acceptors (Lipinski definition) is 7. The van der Waals surface area contributed by atoms with Crippen LogP contribution in [-0.2, 0) is 4.79 Å². The molecule has 1 aliphatic carbocycles. The van der Waals surface area contributed by atoms with E-state index in [1.807, 2.05) is 4.90 Å². The molecule has 0 atom stereocenters. The largest absolute Gasteiger partial charge is 0.338 e. The SMILES string of the molecule is O=C(CN1CCN(c2ncccn2)CC1)Nc1cccc2c1C(=O)c1ccccc1C2=O. The van der Waals surface area contributed by atoms with Gasteiger partial charge in [0.05, 0.1) is 17.8 Å². The number of fused-ring (bicyclic) bond motifs is 2. The summed E-state index contributed by atoms with van der Waals surface area (Å²) < 4.78 is 0. The molecule has 0 bridgehead atoms. The lowest BCUT2D eigenvalue weighted by molar-refractivity contribution is -0.117. The summed E-state index contributed by atoms with van der Waals surface area (Å²) in [6, 6.07) is 13.5. The number of carbonyl (C=O) groups is 3. The van der Waals surface area contributed by atoms with Crippen molar-refractivity contribution in [2.24, 2.45) is 0 Å². The van der Waals surface area contributed by atoms with Crippen LogP contribution in [0.5, 0.6) is 0 Å². The van der Waals surface area contributed by atoms with Crippen molar-refractivity contribution >= 4 is 29.1 Å². The van der Waals surface area contributed by atoms with Crippen LogP contribution in [0.25, 0.3) is 0 Å². The maximum Gasteiger partial charge on any atom is 0.238 e. The Morgan fingerprint density at radius 1 is 0.812 bits per heavy atom. The summed E-state index contributed by atoms with van der Waals surface area (Å²) in [5, 5.41) is 2.85. The quantitative estimate of drug-likeness (QED) is 0.532. The smallest absolute Gasteiger partial charge is 0.238 e. The van der Waals surface area contributed by atoms with Crippen molar-refractivity contribution < 1.29 is 14.4 Å². The minimum atomic E-state index is -0.248. The molecule has 2 aliphatic rings. The normalized spacial score (nSPS) is 15.8. The van der Waals surface area contributed by atoms with Gasteiger partial charge in [-0.1, -0.05) is 36.4 Å². The van der Waals surface area contributed by atoms with E-state index in [0.29, 0.717) is 41.4 Å². The zero-order valence-corrected chi connectivity index (χ0v) is 17.3. The molecule has 1 amide bonds. The fraction of sp³-hybridized carbons (Fsp3) is 0.208. The van der Waals surface area contributed by atoms with Gasteiger partial charge in [0.15, 0.2) is 11.6 Å². The van der Waals surface area contributed by atoms with Gasteiger partial charge in [0, 0.05) is 55.3 Å². The van der Waals surface area contributed by atoms with Gasteiger partial charge in [-0.05, 0) is 12.1 Å². The molecule has 8 nitrogen and oxygen atoms in total. The predicted molar refractivity (Wildman–Crippen MR) is 119 cm³/mol. The van der Waals surface area contributed by atoms with Gasteiger partial charge in [-0.15, -0.1) is 0 Å². The van der Waals surface area contributed by atoms with Crippen molar-refractivity contribution in [3.63, 3.8) is 0 Å². The van der Waals surface area contributed by atoms with Gasteiger partial charge in [-0.3, -0.25) is 19.3 Å². The van der Waals surface area contributed by atoms with Crippen LogP contribution >= 0.6 is 0 Å². The summed E-state index contributed by atoms with van der Waals surface area (Å²) in [4.78, 5) is 51.4. The summed E-state index contributed by atoms with van der Waals surface area (Å²) in [6.07, 6.45) is 3.43. The molecule has 32 heavy (non-hydrogen) atoms. The molecule has 0 saturated carbocycles. The van der Waals surface area contributed by atoms with E-state index < -0.39 is 0 Å². The van der Waals surface area contributed by atoms with Crippen LogP contribution in [0.3, 0.4) is 0 Å². The number of ketones is 2. The molecule has 2 aromatic carbocycles. The summed E-state index contributed by atoms with van der Waals surface area (Å²) in [5.74, 6) is 0.0195. The first kappa shape index (κ1) is 20.0. The van der Waals surface area contributed by atoms with Crippen molar-refractivity contribution in [2.45, 2.75) is 0 Å². The van der Waals surface area contributed by atoms with Crippen LogP contribution in [0.15, 0.2) is 60.9 Å². The Labute approximate surface area is 184 Å². The molecule has 160 valence electrons. The number of piperazine rings is 1. The van der Waals surface area contributed by atoms with Crippen molar-refractivity contribution in [3.8, 4) is 0 Å². The van der Waals surface area contributed by atoms with Gasteiger partial charge in [-0.2, -0.15) is 0 Å². The van der Waals surface area contributed by atoms with Gasteiger partial charge in [0.25, 0.3) is 0 Å². The number of amides is 1. The Hall–Kier alpha value is -3.91. The zero-order valence-electron chi connectivity index (χ0n) is 17.3. The number of hydrogen-bond donors (Lipinski definition) is 1. The second-order valence-corrected chi connectivity index (χ2v) is 7.79. The van der Waals surface area contributed by atoms with Gasteiger partial charge >= 0.3 is 0 Å². The van der Waals surface area contributed by atoms with Crippen LogP contribution in [0.2, 0.25) is 0 Å². The first-order valence-corrected chi connectivity index (χ1v) is 10.5. The van der Waals surface area contributed by atoms with Gasteiger partial charge in [0.1, 0.15) is 0 Å². The van der Waals surface area contributed by atoms with Crippen LogP contribution in [0.1, 0.15) is 31.8 Å². The van der Waals surface area contributed by atoms with Crippen LogP contribution in [-0.4, -0.2) is 65.1 Å². The van der Waals surface area contributed by atoms with E-state index in [1.165, 1.54) is 0 Å². The number of carbonyl (C=O) groups excluding carboxylic acids is 3. The molecule has 0 spiro atoms. The molecule has 5 rings (SSSR count). The molecule has 1 saturated heterocycles. The number of aromatic nitrogens is 2. The maximum absolute atomic E-state index is 13.1. The molecule has 8 heteroatoms. The monoisotopic (exact) mass is 427 g/mol. The highest BCUT2D eigenvalue weighted by molar-refractivity contribution is 6.30. The van der Waals surface area contributed by atoms with Crippen LogP contribution in [0, 0.1) is 0 Å². The summed E-state index contributed by atoms with van der Waals surface area (Å²) in [6.45, 7) is 3.04. The highest BCUT2D eigenvalue weighted by atomic mass is 16.2. The number of nitrogens with zero attached hydrogens (tertiary/aromatic N) is 4. The van der Waals surface area contributed by atoms with E-state index in [0.717, 1.165) is 13.1 Å². The maximum atomic E-state index is 13.1. The Morgan fingerprint density at radius 3 is 2.19 bits per heavy atom. The number of benzene rings is 2. The Kier molecular flexibility index (Phi) is 5.20. The molecule has 1 aliphatic heterocycles. The van der Waals surface area contributed by atoms with E-state index in [2.05, 4.69) is 20.2 Å². The standard InChI is InChI=1S/C24H21N5O3/c30-20(15-28-11-13-29(14-12-28)24-25-9-4-10-26-24)27-19-8-3-7-18-21(19)23(32)17-6-2-1-5-16(17)22(18)31/h1-10H,11-15H2,(H,27,30). The van der Waals surface area contributed by atoms with E-state index >= 15 is 0 Å². The lowest BCUT2D eigenvalue weighted by Crippen LogP contribution is -2.49. The minimum Gasteiger partial charge on any atom is -0.338 e. The average Bonchev–Trinajstić information content (AvgIpc) is 2.83. The lowest BCUT2D eigenvalue weighted by Gasteiger charge is -2.34. The Bertz CT molecular complexity index is 1200. The van der Waals surface area contributed by atoms with E-state index in [-0.39, 0.29) is 29.6 Å². The number of rotatable bonds is 4. The molecule has 3 aromatic rings. The molecule has 0 unspecified atom stereocenters. The average molecular weight is 427 g/mol. The second-order valence-electron chi connectivity index (χ2n) is 7.79. The molecule has 2 heterocycles. The third kappa shape index (κ3) is 3.65. The summed E-state index contributed by atoms with van der Waals surface area (Å²) in [5.41, 5.74) is 1.72. The highest BCUT2D eigenvalue weighted by Gasteiger charge is 2.32. The van der Waals surface area contributed by atoms with Crippen molar-refractivity contribution in [3.05, 3.63) is 83.2 Å². The van der Waals surface area contributed by atoms with Crippen molar-refractivity contribution in [1.29, 1.82) is 0 Å². The van der Waals surface area contributed by atoms with Crippen molar-refractivity contribution in [2.75, 3.05) is 42.9 Å². The Balaban J connectivity index is 1.27. The first-order valence-electron chi connectivity index (χ1n) is 10.5. The topological polar surface area (TPSA) is 95.5 Å². The number of anilines is 2. The van der Waals surface area contributed by atoms with Gasteiger partial charge in [0.2, 0.25) is 11.9 Å².